The van der Waals surface area contributed by atoms with E-state index >= 15 is 0 Å². The van der Waals surface area contributed by atoms with Crippen LogP contribution in [-0.2, 0) is 6.42 Å². The normalized spacial score (nSPS) is 10.2. The third-order valence-electron chi connectivity index (χ3n) is 2.59. The number of aromatic carboxylic acids is 1. The van der Waals surface area contributed by atoms with Gasteiger partial charge in [-0.1, -0.05) is 6.92 Å². The molecule has 0 saturated carbocycles. The Morgan fingerprint density at radius 1 is 1.32 bits per heavy atom. The Balaban J connectivity index is 2.24. The molecule has 0 saturated heterocycles. The van der Waals surface area contributed by atoms with Gasteiger partial charge in [-0.2, -0.15) is 0 Å². The molecule has 0 fully saturated rings. The summed E-state index contributed by atoms with van der Waals surface area (Å²) in [5.74, 6) is -1.42. The molecule has 1 aromatic carbocycles. The van der Waals surface area contributed by atoms with Crippen molar-refractivity contribution in [3.8, 4) is 0 Å². The molecule has 98 valence electrons. The van der Waals surface area contributed by atoms with E-state index in [0.717, 1.165) is 0 Å². The summed E-state index contributed by atoms with van der Waals surface area (Å²) in [5.41, 5.74) is 1.06. The summed E-state index contributed by atoms with van der Waals surface area (Å²) in [7, 11) is 0. The zero-order valence-corrected chi connectivity index (χ0v) is 10.2. The van der Waals surface area contributed by atoms with Crippen molar-refractivity contribution in [1.82, 2.24) is 9.97 Å². The van der Waals surface area contributed by atoms with Gasteiger partial charge in [-0.3, -0.25) is 0 Å². The predicted octanol–water partition coefficient (Wildman–Crippen LogP) is 2.62. The van der Waals surface area contributed by atoms with Crippen LogP contribution < -0.4 is 5.32 Å². The van der Waals surface area contributed by atoms with E-state index < -0.39 is 11.8 Å². The summed E-state index contributed by atoms with van der Waals surface area (Å²) in [5, 5.41) is 11.6. The van der Waals surface area contributed by atoms with Gasteiger partial charge in [0.2, 0.25) is 0 Å². The molecule has 0 aliphatic heterocycles. The minimum absolute atomic E-state index is 0.0786. The molecule has 0 amide bonds. The summed E-state index contributed by atoms with van der Waals surface area (Å²) < 4.78 is 13.9. The van der Waals surface area contributed by atoms with Gasteiger partial charge in [0, 0.05) is 5.69 Å². The molecule has 2 aromatic rings. The quantitative estimate of drug-likeness (QED) is 0.884. The van der Waals surface area contributed by atoms with E-state index in [1.54, 1.807) is 19.1 Å². The van der Waals surface area contributed by atoms with E-state index in [1.807, 2.05) is 0 Å². The Labute approximate surface area is 109 Å². The summed E-state index contributed by atoms with van der Waals surface area (Å²) in [4.78, 5) is 18.4. The lowest BCUT2D eigenvalue weighted by molar-refractivity contribution is 0.0697. The number of nitrogens with one attached hydrogen (secondary N) is 1. The molecule has 19 heavy (non-hydrogen) atoms. The fourth-order valence-corrected chi connectivity index (χ4v) is 1.57. The Hall–Kier alpha value is -2.50. The molecule has 5 nitrogen and oxygen atoms in total. The number of carboxylic acids is 1. The summed E-state index contributed by atoms with van der Waals surface area (Å²) in [6.07, 6.45) is 1.76. The van der Waals surface area contributed by atoms with Crippen LogP contribution in [0.15, 0.2) is 30.6 Å². The first-order chi connectivity index (χ1) is 9.11. The number of anilines is 2. The van der Waals surface area contributed by atoms with E-state index in [-0.39, 0.29) is 11.4 Å². The molecular formula is C13H12FN3O2. The van der Waals surface area contributed by atoms with E-state index in [0.29, 0.717) is 17.8 Å². The van der Waals surface area contributed by atoms with Crippen LogP contribution in [0.4, 0.5) is 15.9 Å². The minimum atomic E-state index is -1.01. The molecule has 0 spiro atoms. The molecule has 1 heterocycles. The van der Waals surface area contributed by atoms with Gasteiger partial charge in [0.05, 0.1) is 11.3 Å². The van der Waals surface area contributed by atoms with Crippen molar-refractivity contribution < 1.29 is 14.3 Å². The van der Waals surface area contributed by atoms with Crippen molar-refractivity contribution in [2.45, 2.75) is 13.3 Å². The lowest BCUT2D eigenvalue weighted by Gasteiger charge is -2.08. The zero-order chi connectivity index (χ0) is 13.8. The fourth-order valence-electron chi connectivity index (χ4n) is 1.57. The first-order valence-electron chi connectivity index (χ1n) is 5.71. The van der Waals surface area contributed by atoms with Crippen molar-refractivity contribution in [2.75, 3.05) is 5.32 Å². The van der Waals surface area contributed by atoms with Crippen LogP contribution in [-0.4, -0.2) is 21.0 Å². The molecule has 0 aliphatic rings. The highest BCUT2D eigenvalue weighted by Crippen LogP contribution is 2.19. The van der Waals surface area contributed by atoms with Crippen molar-refractivity contribution in [1.29, 1.82) is 0 Å². The van der Waals surface area contributed by atoms with Crippen molar-refractivity contribution in [3.63, 3.8) is 0 Å². The number of carbonyl (C=O) groups is 1. The first-order valence-corrected chi connectivity index (χ1v) is 5.71. The van der Waals surface area contributed by atoms with Gasteiger partial charge in [-0.25, -0.2) is 19.2 Å². The lowest BCUT2D eigenvalue weighted by atomic mass is 10.2. The highest BCUT2D eigenvalue weighted by Gasteiger charge is 2.10. The third kappa shape index (κ3) is 2.85. The number of aromatic nitrogens is 2. The van der Waals surface area contributed by atoms with E-state index in [2.05, 4.69) is 15.3 Å². The number of hydrogen-bond donors (Lipinski definition) is 2. The Morgan fingerprint density at radius 2 is 2.00 bits per heavy atom. The summed E-state index contributed by atoms with van der Waals surface area (Å²) in [6, 6.07) is 5.97. The maximum Gasteiger partial charge on any atom is 0.335 e. The standard InChI is InChI=1S/C13H12FN3O2/c1-2-10-11(14)12(16-7-15-10)17-9-5-3-8(4-6-9)13(18)19/h3-7H,2H2,1H3,(H,18,19)(H,15,16,17). The molecule has 0 aliphatic carbocycles. The topological polar surface area (TPSA) is 75.1 Å². The monoisotopic (exact) mass is 261 g/mol. The minimum Gasteiger partial charge on any atom is -0.478 e. The number of aryl methyl sites for hydroxylation is 1. The molecular weight excluding hydrogens is 249 g/mol. The fraction of sp³-hybridized carbons (Fsp3) is 0.154. The molecule has 2 N–H and O–H groups in total. The highest BCUT2D eigenvalue weighted by atomic mass is 19.1. The summed E-state index contributed by atoms with van der Waals surface area (Å²) >= 11 is 0. The van der Waals surface area contributed by atoms with Crippen LogP contribution >= 0.6 is 0 Å². The second-order valence-corrected chi connectivity index (χ2v) is 3.84. The smallest absolute Gasteiger partial charge is 0.335 e. The maximum atomic E-state index is 13.9. The largest absolute Gasteiger partial charge is 0.478 e. The predicted molar refractivity (Wildman–Crippen MR) is 68.1 cm³/mol. The molecule has 6 heteroatoms. The van der Waals surface area contributed by atoms with Crippen LogP contribution in [0.25, 0.3) is 0 Å². The molecule has 0 bridgehead atoms. The van der Waals surface area contributed by atoms with E-state index in [9.17, 15) is 9.18 Å². The Bertz CT molecular complexity index is 599. The molecule has 0 unspecified atom stereocenters. The maximum absolute atomic E-state index is 13.9. The van der Waals surface area contributed by atoms with Gasteiger partial charge in [0.1, 0.15) is 6.33 Å². The van der Waals surface area contributed by atoms with E-state index in [4.69, 9.17) is 5.11 Å². The number of carboxylic acid groups (broad SMARTS) is 1. The number of benzene rings is 1. The molecule has 1 aromatic heterocycles. The van der Waals surface area contributed by atoms with Crippen LogP contribution in [0.5, 0.6) is 0 Å². The second-order valence-electron chi connectivity index (χ2n) is 3.84. The summed E-state index contributed by atoms with van der Waals surface area (Å²) in [6.45, 7) is 1.80. The molecule has 2 rings (SSSR count). The van der Waals surface area contributed by atoms with Crippen molar-refractivity contribution >= 4 is 17.5 Å². The van der Waals surface area contributed by atoms with Crippen LogP contribution in [0.1, 0.15) is 23.0 Å². The van der Waals surface area contributed by atoms with Crippen LogP contribution in [0, 0.1) is 5.82 Å². The second kappa shape index (κ2) is 5.43. The SMILES string of the molecule is CCc1ncnc(Nc2ccc(C(=O)O)cc2)c1F. The Morgan fingerprint density at radius 3 is 2.58 bits per heavy atom. The molecule has 0 radical (unpaired) electrons. The number of hydrogen-bond acceptors (Lipinski definition) is 4. The lowest BCUT2D eigenvalue weighted by Crippen LogP contribution is -2.03. The first kappa shape index (κ1) is 12.9. The third-order valence-corrected chi connectivity index (χ3v) is 2.59. The van der Waals surface area contributed by atoms with Crippen molar-refractivity contribution in [3.05, 3.63) is 47.7 Å². The highest BCUT2D eigenvalue weighted by molar-refractivity contribution is 5.88. The van der Waals surface area contributed by atoms with Gasteiger partial charge < -0.3 is 10.4 Å². The molecule has 0 atom stereocenters. The van der Waals surface area contributed by atoms with Gasteiger partial charge in [-0.15, -0.1) is 0 Å². The van der Waals surface area contributed by atoms with Gasteiger partial charge in [0.25, 0.3) is 0 Å². The van der Waals surface area contributed by atoms with Gasteiger partial charge in [0.15, 0.2) is 11.6 Å². The van der Waals surface area contributed by atoms with Gasteiger partial charge >= 0.3 is 5.97 Å². The van der Waals surface area contributed by atoms with Crippen LogP contribution in [0.3, 0.4) is 0 Å². The van der Waals surface area contributed by atoms with Crippen LogP contribution in [0.2, 0.25) is 0 Å². The van der Waals surface area contributed by atoms with E-state index in [1.165, 1.54) is 18.5 Å². The Kier molecular flexibility index (Phi) is 3.70. The van der Waals surface area contributed by atoms with Crippen molar-refractivity contribution in [2.24, 2.45) is 0 Å². The number of rotatable bonds is 4. The number of nitrogens with zero attached hydrogens (tertiary/aromatic N) is 2. The number of halogens is 1. The zero-order valence-electron chi connectivity index (χ0n) is 10.2. The van der Waals surface area contributed by atoms with Gasteiger partial charge in [-0.05, 0) is 30.7 Å². The average molecular weight is 261 g/mol. The average Bonchev–Trinajstić information content (AvgIpc) is 2.42.